The molecular weight excluding hydrogens is 528 g/mol. The Morgan fingerprint density at radius 3 is 2.86 bits per heavy atom. The van der Waals surface area contributed by atoms with Gasteiger partial charge in [0.15, 0.2) is 10.7 Å². The summed E-state index contributed by atoms with van der Waals surface area (Å²) in [6.07, 6.45) is 3.16. The first kappa shape index (κ1) is 24.4. The van der Waals surface area contributed by atoms with Crippen molar-refractivity contribution in [3.05, 3.63) is 47.6 Å². The van der Waals surface area contributed by atoms with Gasteiger partial charge in [-0.05, 0) is 17.5 Å². The number of hydrogen-bond acceptors (Lipinski definition) is 13. The summed E-state index contributed by atoms with van der Waals surface area (Å²) in [4.78, 5) is 47.4. The fraction of sp³-hybridized carbons (Fsp3) is 0.250. The molecule has 3 aliphatic rings. The minimum absolute atomic E-state index is 0.0205. The van der Waals surface area contributed by atoms with Crippen molar-refractivity contribution >= 4 is 64.4 Å². The first-order valence-corrected chi connectivity index (χ1v) is 12.7. The third kappa shape index (κ3) is 4.15. The third-order valence-electron chi connectivity index (χ3n) is 5.39. The molecule has 16 heteroatoms. The first-order valence-electron chi connectivity index (χ1n) is 10.3. The number of nitrogens with zero attached hydrogens (tertiary/aromatic N) is 5. The lowest BCUT2D eigenvalue weighted by atomic mass is 10.0. The van der Waals surface area contributed by atoms with Gasteiger partial charge in [-0.2, -0.15) is 0 Å². The van der Waals surface area contributed by atoms with Gasteiger partial charge < -0.3 is 19.9 Å². The van der Waals surface area contributed by atoms with E-state index in [0.29, 0.717) is 11.3 Å². The van der Waals surface area contributed by atoms with Gasteiger partial charge in [-0.25, -0.2) is 0 Å². The van der Waals surface area contributed by atoms with E-state index in [1.807, 2.05) is 0 Å². The maximum absolute atomic E-state index is 13.1. The smallest absolute Gasteiger partial charge is 0.274 e. The number of thioether (sulfide) groups is 2. The number of β-lactam (4-membered cyclic amide) rings is 1. The minimum atomic E-state index is -1.35. The second-order valence-electron chi connectivity index (χ2n) is 7.54. The van der Waals surface area contributed by atoms with Gasteiger partial charge in [0.25, 0.3) is 17.7 Å². The Balaban J connectivity index is 1.38. The van der Waals surface area contributed by atoms with Crippen LogP contribution in [-0.4, -0.2) is 72.0 Å². The van der Waals surface area contributed by atoms with Gasteiger partial charge in [-0.3, -0.25) is 30.0 Å². The van der Waals surface area contributed by atoms with E-state index < -0.39 is 33.3 Å². The summed E-state index contributed by atoms with van der Waals surface area (Å²) in [5.74, 6) is -0.687. The van der Waals surface area contributed by atoms with Gasteiger partial charge in [0.05, 0.1) is 5.57 Å². The fourth-order valence-electron chi connectivity index (χ4n) is 3.76. The lowest BCUT2D eigenvalue weighted by molar-refractivity contribution is -0.145. The molecule has 0 spiro atoms. The number of pyridine rings is 1. The van der Waals surface area contributed by atoms with E-state index in [9.17, 15) is 14.4 Å². The van der Waals surface area contributed by atoms with Gasteiger partial charge in [0.1, 0.15) is 29.9 Å². The Hall–Kier alpha value is -3.34. The number of hydrogen-bond donors (Lipinski definition) is 4. The predicted octanol–water partition coefficient (Wildman–Crippen LogP) is 0.121. The number of nitrogens with two attached hydrogens (primary N) is 1. The maximum Gasteiger partial charge on any atom is 0.274 e. The van der Waals surface area contributed by atoms with Crippen molar-refractivity contribution in [2.75, 3.05) is 12.9 Å². The standard InChI is InChI=1S/C20H18N8O5S3/c1-32-27-13(20(21)23-6-7-36-20)14(29)24-11-17(30)28-12(19(31)34)9(8-35-18(11)28)15-25-26-16(33-15)10-4-2-3-5-22-10/h2-7,11,18,23H,8,21H2,1H3,(H,24,29)(H,31,34)/t11-,18-,20?/m1/s1. The summed E-state index contributed by atoms with van der Waals surface area (Å²) in [6.45, 7) is 0. The highest BCUT2D eigenvalue weighted by Gasteiger charge is 2.55. The van der Waals surface area contributed by atoms with Crippen LogP contribution in [0.1, 0.15) is 5.89 Å². The highest BCUT2D eigenvalue weighted by atomic mass is 32.2. The molecule has 36 heavy (non-hydrogen) atoms. The van der Waals surface area contributed by atoms with Crippen molar-refractivity contribution in [1.82, 2.24) is 30.7 Å². The molecule has 13 nitrogen and oxygen atoms in total. The van der Waals surface area contributed by atoms with Crippen LogP contribution < -0.4 is 16.4 Å². The van der Waals surface area contributed by atoms with Crippen LogP contribution in [0.15, 0.2) is 51.3 Å². The van der Waals surface area contributed by atoms with Crippen LogP contribution in [0.3, 0.4) is 0 Å². The number of carbonyl (C=O) groups excluding carboxylic acids is 3. The second kappa shape index (κ2) is 9.61. The largest absolute Gasteiger partial charge is 0.415 e. The van der Waals surface area contributed by atoms with Gasteiger partial charge in [-0.15, -0.1) is 22.0 Å². The Labute approximate surface area is 217 Å². The molecule has 2 amide bonds. The van der Waals surface area contributed by atoms with Gasteiger partial charge in [0.2, 0.25) is 11.0 Å². The zero-order chi connectivity index (χ0) is 25.4. The molecule has 1 saturated heterocycles. The monoisotopic (exact) mass is 546 g/mol. The molecule has 5 rings (SSSR count). The quantitative estimate of drug-likeness (QED) is 0.160. The number of aromatic nitrogens is 3. The maximum atomic E-state index is 13.1. The van der Waals surface area contributed by atoms with E-state index in [1.165, 1.54) is 23.8 Å². The minimum Gasteiger partial charge on any atom is -0.415 e. The number of thiol groups is 1. The zero-order valence-electron chi connectivity index (χ0n) is 18.4. The Morgan fingerprint density at radius 2 is 2.19 bits per heavy atom. The van der Waals surface area contributed by atoms with Crippen LogP contribution in [-0.2, 0) is 19.2 Å². The van der Waals surface area contributed by atoms with Crippen molar-refractivity contribution in [1.29, 1.82) is 0 Å². The van der Waals surface area contributed by atoms with Gasteiger partial charge in [0, 0.05) is 18.1 Å². The molecule has 3 atom stereocenters. The van der Waals surface area contributed by atoms with E-state index in [2.05, 4.69) is 43.6 Å². The molecule has 0 radical (unpaired) electrons. The van der Waals surface area contributed by atoms with Crippen LogP contribution in [0.4, 0.5) is 0 Å². The first-order chi connectivity index (χ1) is 17.3. The van der Waals surface area contributed by atoms with Crippen molar-refractivity contribution in [2.45, 2.75) is 16.4 Å². The normalized spacial score (nSPS) is 25.2. The van der Waals surface area contributed by atoms with Crippen LogP contribution >= 0.6 is 36.2 Å². The highest BCUT2D eigenvalue weighted by molar-refractivity contribution is 8.04. The molecule has 2 aromatic heterocycles. The van der Waals surface area contributed by atoms with Crippen molar-refractivity contribution < 1.29 is 23.6 Å². The number of carbonyl (C=O) groups is 3. The van der Waals surface area contributed by atoms with E-state index in [1.54, 1.807) is 36.0 Å². The molecule has 1 fully saturated rings. The average molecular weight is 547 g/mol. The summed E-state index contributed by atoms with van der Waals surface area (Å²) in [5, 5.41) is 17.7. The molecule has 4 N–H and O–H groups in total. The molecule has 2 aromatic rings. The van der Waals surface area contributed by atoms with Crippen molar-refractivity contribution in [3.63, 3.8) is 0 Å². The summed E-state index contributed by atoms with van der Waals surface area (Å²) in [5.41, 5.74) is 6.91. The highest BCUT2D eigenvalue weighted by Crippen LogP contribution is 2.44. The van der Waals surface area contributed by atoms with Crippen molar-refractivity contribution in [2.24, 2.45) is 10.9 Å². The van der Waals surface area contributed by atoms with E-state index in [0.717, 1.165) is 11.8 Å². The second-order valence-corrected chi connectivity index (χ2v) is 10.2. The summed E-state index contributed by atoms with van der Waals surface area (Å²) in [6, 6.07) is 4.30. The molecule has 0 bridgehead atoms. The lowest BCUT2D eigenvalue weighted by Crippen LogP contribution is -2.72. The number of amides is 2. The van der Waals surface area contributed by atoms with E-state index in [4.69, 9.17) is 15.0 Å². The third-order valence-corrected chi connectivity index (χ3v) is 7.84. The number of oxime groups is 1. The Bertz CT molecular complexity index is 1320. The molecule has 3 aliphatic heterocycles. The molecule has 5 heterocycles. The van der Waals surface area contributed by atoms with Gasteiger partial charge in [-0.1, -0.05) is 35.6 Å². The topological polar surface area (TPSA) is 178 Å². The van der Waals surface area contributed by atoms with Crippen LogP contribution in [0.25, 0.3) is 17.2 Å². The van der Waals surface area contributed by atoms with Crippen LogP contribution in [0.5, 0.6) is 0 Å². The van der Waals surface area contributed by atoms with E-state index in [-0.39, 0.29) is 28.9 Å². The van der Waals surface area contributed by atoms with Gasteiger partial charge >= 0.3 is 0 Å². The summed E-state index contributed by atoms with van der Waals surface area (Å²) in [7, 11) is 1.28. The molecule has 0 saturated carbocycles. The van der Waals surface area contributed by atoms with E-state index >= 15 is 0 Å². The summed E-state index contributed by atoms with van der Waals surface area (Å²) >= 11 is 6.42. The Morgan fingerprint density at radius 1 is 1.39 bits per heavy atom. The number of nitrogens with one attached hydrogen (secondary N) is 2. The fourth-order valence-corrected chi connectivity index (χ4v) is 6.06. The predicted molar refractivity (Wildman–Crippen MR) is 135 cm³/mol. The summed E-state index contributed by atoms with van der Waals surface area (Å²) < 4.78 is 5.74. The lowest BCUT2D eigenvalue weighted by Gasteiger charge is -2.49. The Kier molecular flexibility index (Phi) is 6.50. The van der Waals surface area contributed by atoms with Crippen LogP contribution in [0, 0.1) is 0 Å². The average Bonchev–Trinajstić information content (AvgIpc) is 3.55. The number of fused-ring (bicyclic) bond motifs is 1. The van der Waals surface area contributed by atoms with Crippen molar-refractivity contribution in [3.8, 4) is 11.6 Å². The zero-order valence-corrected chi connectivity index (χ0v) is 21.0. The molecule has 0 aliphatic carbocycles. The molecule has 1 unspecified atom stereocenters. The number of rotatable bonds is 7. The molecule has 0 aromatic carbocycles. The molecular formula is C20H18N8O5S3. The van der Waals surface area contributed by atoms with Crippen LogP contribution in [0.2, 0.25) is 0 Å². The molecule has 186 valence electrons. The SMILES string of the molecule is CON=C(C(=O)N[C@@H]1C(=O)N2C(C(=O)S)=C(c3nnc(-c4ccccn4)o3)CS[C@H]12)C1(N)NC=CS1.